The van der Waals surface area contributed by atoms with Crippen LogP contribution in [0.15, 0.2) is 96.0 Å². The number of amides is 6. The molecule has 112 heavy (non-hydrogen) atoms. The van der Waals surface area contributed by atoms with Gasteiger partial charge in [-0.25, -0.2) is 4.79 Å². The lowest BCUT2D eigenvalue weighted by atomic mass is 9.84. The minimum atomic E-state index is -1.29. The van der Waals surface area contributed by atoms with Crippen LogP contribution in [0.2, 0.25) is 30.1 Å². The molecule has 0 aliphatic carbocycles. The van der Waals surface area contributed by atoms with Gasteiger partial charge in [0.2, 0.25) is 23.8 Å². The van der Waals surface area contributed by atoms with Crippen molar-refractivity contribution in [3.8, 4) is 0 Å². The summed E-state index contributed by atoms with van der Waals surface area (Å²) in [5.41, 5.74) is 13.1. The van der Waals surface area contributed by atoms with E-state index in [4.69, 9.17) is 98.0 Å². The van der Waals surface area contributed by atoms with Crippen molar-refractivity contribution in [1.82, 2.24) is 45.3 Å². The molecule has 0 aromatic heterocycles. The van der Waals surface area contributed by atoms with Gasteiger partial charge in [-0.3, -0.25) is 28.8 Å². The summed E-state index contributed by atoms with van der Waals surface area (Å²) < 4.78 is 34.8. The van der Waals surface area contributed by atoms with E-state index in [2.05, 4.69) is 75.0 Å². The second-order valence-electron chi connectivity index (χ2n) is 29.7. The van der Waals surface area contributed by atoms with Gasteiger partial charge in [-0.1, -0.05) is 106 Å². The Morgan fingerprint density at radius 2 is 0.696 bits per heavy atom. The number of fused-ring (bicyclic) bond motifs is 6. The van der Waals surface area contributed by atoms with Crippen molar-refractivity contribution in [3.63, 3.8) is 0 Å². The Labute approximate surface area is 684 Å². The zero-order valence-corrected chi connectivity index (χ0v) is 68.0. The van der Waals surface area contributed by atoms with Crippen LogP contribution in [0.4, 0.5) is 0 Å². The molecule has 6 amide bonds. The quantitative estimate of drug-likeness (QED) is 0.0184. The van der Waals surface area contributed by atoms with E-state index in [0.29, 0.717) is 106 Å². The Kier molecular flexibility index (Phi) is 30.1. The van der Waals surface area contributed by atoms with Crippen LogP contribution in [0.3, 0.4) is 0 Å². The molecule has 6 aliphatic rings. The van der Waals surface area contributed by atoms with E-state index >= 15 is 0 Å². The molecule has 6 aliphatic heterocycles. The molecular weight excluding hydrogens is 1560 g/mol. The van der Waals surface area contributed by atoms with Gasteiger partial charge in [0, 0.05) is 182 Å². The summed E-state index contributed by atoms with van der Waals surface area (Å²) in [7, 11) is 6.16. The average molecular weight is 1650 g/mol. The minimum Gasteiger partial charge on any atom is -0.377 e. The molecule has 0 radical (unpaired) electrons. The molecule has 3 N–H and O–H groups in total. The molecule has 0 saturated carbocycles. The summed E-state index contributed by atoms with van der Waals surface area (Å²) in [6.45, 7) is 10.7. The maximum absolute atomic E-state index is 13.6. The molecule has 6 heterocycles. The van der Waals surface area contributed by atoms with Crippen molar-refractivity contribution in [2.45, 2.75) is 101 Å². The molecule has 0 bridgehead atoms. The second kappa shape index (κ2) is 40.0. The van der Waals surface area contributed by atoms with Crippen LogP contribution >= 0.6 is 69.6 Å². The van der Waals surface area contributed by atoms with Gasteiger partial charge in [0.25, 0.3) is 17.7 Å². The summed E-state index contributed by atoms with van der Waals surface area (Å²) in [4.78, 5) is 109. The summed E-state index contributed by atoms with van der Waals surface area (Å²) in [6, 6.07) is 29.6. The molecule has 0 spiro atoms. The second-order valence-corrected chi connectivity index (χ2v) is 32.2. The Bertz CT molecular complexity index is 4050. The first-order valence-electron chi connectivity index (χ1n) is 38.2. The first kappa shape index (κ1) is 84.3. The first-order valence-corrected chi connectivity index (χ1v) is 40.5. The molecule has 0 fully saturated rings. The minimum absolute atomic E-state index is 0.00901. The molecule has 3 atom stereocenters. The zero-order valence-electron chi connectivity index (χ0n) is 63.4. The van der Waals surface area contributed by atoms with E-state index in [0.717, 1.165) is 106 Å². The summed E-state index contributed by atoms with van der Waals surface area (Å²) in [5, 5.41) is 12.2. The number of benzene rings is 6. The predicted molar refractivity (Wildman–Crippen MR) is 430 cm³/mol. The summed E-state index contributed by atoms with van der Waals surface area (Å²) in [6.07, 6.45) is 1.54. The van der Waals surface area contributed by atoms with Crippen molar-refractivity contribution in [1.29, 1.82) is 0 Å². The van der Waals surface area contributed by atoms with E-state index in [1.165, 1.54) is 0 Å². The lowest BCUT2D eigenvalue weighted by Crippen LogP contribution is -2.36. The predicted octanol–water partition coefficient (Wildman–Crippen LogP) is 11.5. The van der Waals surface area contributed by atoms with Crippen molar-refractivity contribution in [3.05, 3.63) is 205 Å². The van der Waals surface area contributed by atoms with Gasteiger partial charge in [0.15, 0.2) is 0 Å². The van der Waals surface area contributed by atoms with Crippen molar-refractivity contribution in [2.24, 2.45) is 4.99 Å². The van der Waals surface area contributed by atoms with E-state index < -0.39 is 5.54 Å². The number of ether oxygens (including phenoxy) is 6. The summed E-state index contributed by atoms with van der Waals surface area (Å²) in [5.74, 6) is -1.15. The van der Waals surface area contributed by atoms with Crippen LogP contribution in [-0.4, -0.2) is 236 Å². The molecule has 23 nitrogen and oxygen atoms in total. The highest BCUT2D eigenvalue weighted by Gasteiger charge is 2.37. The average Bonchev–Trinajstić information content (AvgIpc) is 1.45. The molecule has 29 heteroatoms. The molecule has 6 aromatic rings. The zero-order chi connectivity index (χ0) is 79.0. The topological polar surface area (TPSA) is 243 Å². The smallest absolute Gasteiger partial charge is 0.254 e. The number of rotatable bonds is 40. The highest BCUT2D eigenvalue weighted by Crippen LogP contribution is 2.44. The number of aliphatic imine (C=N–C) groups is 1. The monoisotopic (exact) mass is 1650 g/mol. The van der Waals surface area contributed by atoms with Gasteiger partial charge < -0.3 is 73.8 Å². The number of hydrogen-bond acceptors (Lipinski definition) is 17. The van der Waals surface area contributed by atoms with Crippen LogP contribution in [0.5, 0.6) is 0 Å². The highest BCUT2D eigenvalue weighted by atomic mass is 35.5. The van der Waals surface area contributed by atoms with Gasteiger partial charge in [0.05, 0.1) is 84.8 Å². The number of halogens is 6. The Hall–Kier alpha value is -7.10. The number of nitrogens with zero attached hydrogens (tertiary/aromatic N) is 7. The van der Waals surface area contributed by atoms with Gasteiger partial charge in [-0.05, 0) is 162 Å². The maximum atomic E-state index is 13.6. The lowest BCUT2D eigenvalue weighted by Gasteiger charge is -2.33. The Morgan fingerprint density at radius 3 is 0.982 bits per heavy atom. The van der Waals surface area contributed by atoms with Gasteiger partial charge in [0.1, 0.15) is 0 Å². The molecule has 12 rings (SSSR count). The van der Waals surface area contributed by atoms with Crippen molar-refractivity contribution in [2.75, 3.05) is 159 Å². The number of carbonyl (C=O) groups is 6. The summed E-state index contributed by atoms with van der Waals surface area (Å²) >= 11 is 39.2. The SMILES string of the molecule is CN1Cc2c(Cl)cc(Cl)cc2C(c2ccc3c(c2)C(=O)N(CCOCCOCCNC(=O)CCC(CCC(=O)NCCOCCOCCN2Cc4ccc(C5CN(C)Cc6c(Cl)cc(Cl)cc65)cc4C2=O)(CCC(=O)NCCOCCOCCN2Cc4ccc(C5CN(C)Cc6c(Cl)cc(Cl)cc65)cc4C2=O)N=C=O)C3)C1. The van der Waals surface area contributed by atoms with Crippen LogP contribution in [0, 0.1) is 0 Å². The fourth-order valence-electron chi connectivity index (χ4n) is 15.9. The van der Waals surface area contributed by atoms with Crippen LogP contribution in [-0.2, 0) is 86.9 Å². The molecule has 3 unspecified atom stereocenters. The van der Waals surface area contributed by atoms with Crippen molar-refractivity contribution >= 4 is 111 Å². The first-order chi connectivity index (χ1) is 54.1. The van der Waals surface area contributed by atoms with Crippen LogP contribution in [0.25, 0.3) is 0 Å². The number of isocyanates is 1. The van der Waals surface area contributed by atoms with E-state index in [1.807, 2.05) is 54.6 Å². The number of likely N-dealkylation sites (N-methyl/N-ethyl adjacent to an activating group) is 3. The lowest BCUT2D eigenvalue weighted by molar-refractivity contribution is -0.121. The fraction of sp³-hybridized carbons (Fsp3) is 0.482. The number of carbonyl (C=O) groups excluding carboxylic acids is 7. The number of nitrogens with one attached hydrogen (secondary N) is 3. The molecule has 0 saturated heterocycles. The van der Waals surface area contributed by atoms with Gasteiger partial charge in [-0.15, -0.1) is 0 Å². The third-order valence-corrected chi connectivity index (χ3v) is 23.5. The molecular formula is C83H96Cl6N10O13. The van der Waals surface area contributed by atoms with E-state index in [1.54, 1.807) is 39.0 Å². The highest BCUT2D eigenvalue weighted by molar-refractivity contribution is 6.36. The normalized spacial score (nSPS) is 17.9. The number of hydrogen-bond donors (Lipinski definition) is 3. The standard InChI is InChI=1S/C83H96Cl6N10O13/c1-94-46-68(65-37-59(84)40-74(87)71(65)49-94)53-4-7-56-43-97(80(104)62(56)34-53)19-25-110-31-28-107-22-16-90-77(101)10-13-83(93-52-100,14-11-78(102)91-17-23-108-29-32-111-26-20-98-44-57-8-5-54(35-63(57)81(98)105)69-47-95(2)50-72-66(69)38-60(85)41-75(72)88)15-12-79(103)92-18-24-109-30-33-112-27-21-99-45-58-9-6-55(36-64(58)82(99)106)70-48-96(3)51-73-67(70)39-61(86)42-76(73)89/h4-9,34-42,68-70H,10-33,43-51H2,1-3H3,(H,90,101)(H,91,102)(H,92,103). The molecule has 598 valence electrons. The Morgan fingerprint density at radius 1 is 0.411 bits per heavy atom. The van der Waals surface area contributed by atoms with Gasteiger partial charge in [-0.2, -0.15) is 4.99 Å². The Balaban J connectivity index is 0.542. The fourth-order valence-corrected chi connectivity index (χ4v) is 17.6. The van der Waals surface area contributed by atoms with Crippen LogP contribution < -0.4 is 16.0 Å². The van der Waals surface area contributed by atoms with Crippen molar-refractivity contribution < 1.29 is 62.0 Å². The van der Waals surface area contributed by atoms with E-state index in [-0.39, 0.29) is 171 Å². The third kappa shape index (κ3) is 21.7. The van der Waals surface area contributed by atoms with Gasteiger partial charge >= 0.3 is 0 Å². The van der Waals surface area contributed by atoms with Crippen LogP contribution in [0.1, 0.15) is 154 Å². The third-order valence-electron chi connectivity index (χ3n) is 21.8. The van der Waals surface area contributed by atoms with E-state index in [9.17, 15) is 33.6 Å². The maximum Gasteiger partial charge on any atom is 0.254 e. The largest absolute Gasteiger partial charge is 0.377 e. The molecule has 6 aromatic carbocycles.